The topological polar surface area (TPSA) is 70.9 Å². The fourth-order valence-electron chi connectivity index (χ4n) is 2.76. The molecule has 3 rings (SSSR count). The lowest BCUT2D eigenvalue weighted by Crippen LogP contribution is -2.36. The molecule has 2 aromatic rings. The van der Waals surface area contributed by atoms with E-state index in [0.29, 0.717) is 12.5 Å². The van der Waals surface area contributed by atoms with Gasteiger partial charge in [-0.15, -0.1) is 10.2 Å². The summed E-state index contributed by atoms with van der Waals surface area (Å²) in [5.74, 6) is 0.487. The van der Waals surface area contributed by atoms with E-state index in [2.05, 4.69) is 20.5 Å². The monoisotopic (exact) mass is 272 g/mol. The predicted molar refractivity (Wildman–Crippen MR) is 78.5 cm³/mol. The molecule has 2 N–H and O–H groups in total. The summed E-state index contributed by atoms with van der Waals surface area (Å²) in [5, 5.41) is 21.9. The average molecular weight is 272 g/mol. The van der Waals surface area contributed by atoms with Crippen LogP contribution in [0.25, 0.3) is 11.0 Å². The molecule has 1 aromatic carbocycles. The van der Waals surface area contributed by atoms with Gasteiger partial charge in [-0.2, -0.15) is 0 Å². The maximum atomic E-state index is 10.6. The molecule has 0 saturated heterocycles. The van der Waals surface area contributed by atoms with Crippen LogP contribution in [0.2, 0.25) is 0 Å². The van der Waals surface area contributed by atoms with Crippen LogP contribution in [0.15, 0.2) is 24.3 Å². The van der Waals surface area contributed by atoms with Crippen molar-refractivity contribution < 1.29 is 5.11 Å². The maximum Gasteiger partial charge on any atom is 0.243 e. The van der Waals surface area contributed by atoms with Gasteiger partial charge in [0.2, 0.25) is 5.95 Å². The van der Waals surface area contributed by atoms with Gasteiger partial charge in [0.1, 0.15) is 5.52 Å². The van der Waals surface area contributed by atoms with E-state index >= 15 is 0 Å². The van der Waals surface area contributed by atoms with Crippen LogP contribution in [0.1, 0.15) is 38.5 Å². The van der Waals surface area contributed by atoms with E-state index in [1.165, 1.54) is 12.8 Å². The fourth-order valence-corrected chi connectivity index (χ4v) is 2.76. The maximum absolute atomic E-state index is 10.6. The van der Waals surface area contributed by atoms with Crippen LogP contribution in [-0.4, -0.2) is 32.4 Å². The Morgan fingerprint density at radius 1 is 1.00 bits per heavy atom. The predicted octanol–water partition coefficient (Wildman–Crippen LogP) is 2.52. The van der Waals surface area contributed by atoms with Crippen LogP contribution < -0.4 is 5.32 Å². The Morgan fingerprint density at radius 2 is 1.70 bits per heavy atom. The summed E-state index contributed by atoms with van der Waals surface area (Å²) >= 11 is 0. The zero-order valence-corrected chi connectivity index (χ0v) is 11.5. The van der Waals surface area contributed by atoms with Gasteiger partial charge < -0.3 is 10.4 Å². The molecule has 0 radical (unpaired) electrons. The van der Waals surface area contributed by atoms with Gasteiger partial charge >= 0.3 is 0 Å². The first-order valence-corrected chi connectivity index (χ1v) is 7.31. The van der Waals surface area contributed by atoms with Gasteiger partial charge in [0.05, 0.1) is 11.1 Å². The smallest absolute Gasteiger partial charge is 0.243 e. The van der Waals surface area contributed by atoms with Crippen molar-refractivity contribution in [2.75, 3.05) is 11.9 Å². The number of benzene rings is 1. The van der Waals surface area contributed by atoms with E-state index in [4.69, 9.17) is 0 Å². The second kappa shape index (κ2) is 5.71. The summed E-state index contributed by atoms with van der Waals surface area (Å²) in [4.78, 5) is 4.42. The third-order valence-corrected chi connectivity index (χ3v) is 3.97. The molecular weight excluding hydrogens is 252 g/mol. The SMILES string of the molecule is OC1(CNc2nnc3ccccc3n2)CCCCCC1. The molecule has 0 aliphatic heterocycles. The summed E-state index contributed by atoms with van der Waals surface area (Å²) in [5.41, 5.74) is 0.968. The highest BCUT2D eigenvalue weighted by Gasteiger charge is 2.27. The second-order valence-corrected chi connectivity index (χ2v) is 5.62. The minimum Gasteiger partial charge on any atom is -0.388 e. The minimum absolute atomic E-state index is 0.487. The molecule has 0 bridgehead atoms. The van der Waals surface area contributed by atoms with Crippen LogP contribution in [0.5, 0.6) is 0 Å². The number of rotatable bonds is 3. The highest BCUT2D eigenvalue weighted by Crippen LogP contribution is 2.27. The first kappa shape index (κ1) is 13.2. The molecule has 5 heteroatoms. The molecule has 106 valence electrons. The van der Waals surface area contributed by atoms with Crippen molar-refractivity contribution in [3.8, 4) is 0 Å². The Morgan fingerprint density at radius 3 is 2.45 bits per heavy atom. The second-order valence-electron chi connectivity index (χ2n) is 5.62. The number of anilines is 1. The normalized spacial score (nSPS) is 18.6. The molecular formula is C15H20N4O. The van der Waals surface area contributed by atoms with Crippen molar-refractivity contribution >= 4 is 17.0 Å². The lowest BCUT2D eigenvalue weighted by atomic mass is 9.95. The zero-order valence-electron chi connectivity index (χ0n) is 11.5. The van der Waals surface area contributed by atoms with Crippen molar-refractivity contribution in [2.45, 2.75) is 44.1 Å². The molecule has 5 nitrogen and oxygen atoms in total. The van der Waals surface area contributed by atoms with E-state index in [1.54, 1.807) is 0 Å². The van der Waals surface area contributed by atoms with Gasteiger partial charge in [-0.05, 0) is 25.0 Å². The summed E-state index contributed by atoms with van der Waals surface area (Å²) in [7, 11) is 0. The minimum atomic E-state index is -0.633. The van der Waals surface area contributed by atoms with Gasteiger partial charge in [0.25, 0.3) is 0 Å². The molecule has 0 spiro atoms. The Labute approximate surface area is 118 Å². The van der Waals surface area contributed by atoms with E-state index in [9.17, 15) is 5.11 Å². The zero-order chi connectivity index (χ0) is 13.8. The number of hydrogen-bond donors (Lipinski definition) is 2. The van der Waals surface area contributed by atoms with Crippen LogP contribution in [-0.2, 0) is 0 Å². The Kier molecular flexibility index (Phi) is 3.78. The van der Waals surface area contributed by atoms with Crippen LogP contribution in [0.4, 0.5) is 5.95 Å². The Balaban J connectivity index is 1.69. The molecule has 1 saturated carbocycles. The van der Waals surface area contributed by atoms with E-state index < -0.39 is 5.60 Å². The van der Waals surface area contributed by atoms with Crippen molar-refractivity contribution in [1.82, 2.24) is 15.2 Å². The average Bonchev–Trinajstić information content (AvgIpc) is 2.70. The van der Waals surface area contributed by atoms with Gasteiger partial charge in [0, 0.05) is 6.54 Å². The number of nitrogens with one attached hydrogen (secondary N) is 1. The van der Waals surface area contributed by atoms with E-state index in [1.807, 2.05) is 24.3 Å². The molecule has 0 atom stereocenters. The number of hydrogen-bond acceptors (Lipinski definition) is 5. The molecule has 1 fully saturated rings. The molecule has 0 amide bonds. The number of aromatic nitrogens is 3. The highest BCUT2D eigenvalue weighted by molar-refractivity contribution is 5.73. The third-order valence-electron chi connectivity index (χ3n) is 3.97. The molecule has 0 unspecified atom stereocenters. The lowest BCUT2D eigenvalue weighted by molar-refractivity contribution is 0.0379. The van der Waals surface area contributed by atoms with Gasteiger partial charge in [-0.1, -0.05) is 37.8 Å². The van der Waals surface area contributed by atoms with Crippen molar-refractivity contribution in [2.24, 2.45) is 0 Å². The quantitative estimate of drug-likeness (QED) is 0.840. The fraction of sp³-hybridized carbons (Fsp3) is 0.533. The number of para-hydroxylation sites is 1. The molecule has 1 aliphatic carbocycles. The first-order valence-electron chi connectivity index (χ1n) is 7.31. The van der Waals surface area contributed by atoms with Crippen molar-refractivity contribution in [1.29, 1.82) is 0 Å². The van der Waals surface area contributed by atoms with Crippen molar-refractivity contribution in [3.05, 3.63) is 24.3 Å². The van der Waals surface area contributed by atoms with Crippen LogP contribution in [0.3, 0.4) is 0 Å². The molecule has 1 heterocycles. The molecule has 20 heavy (non-hydrogen) atoms. The third kappa shape index (κ3) is 3.04. The lowest BCUT2D eigenvalue weighted by Gasteiger charge is -2.26. The highest BCUT2D eigenvalue weighted by atomic mass is 16.3. The number of fused-ring (bicyclic) bond motifs is 1. The Hall–Kier alpha value is -1.75. The summed E-state index contributed by atoms with van der Waals surface area (Å²) < 4.78 is 0. The number of nitrogens with zero attached hydrogens (tertiary/aromatic N) is 3. The Bertz CT molecular complexity index is 579. The van der Waals surface area contributed by atoms with Crippen LogP contribution >= 0.6 is 0 Å². The molecule has 1 aliphatic rings. The van der Waals surface area contributed by atoms with Gasteiger partial charge in [-0.3, -0.25) is 0 Å². The van der Waals surface area contributed by atoms with Crippen LogP contribution in [0, 0.1) is 0 Å². The van der Waals surface area contributed by atoms with Crippen molar-refractivity contribution in [3.63, 3.8) is 0 Å². The summed E-state index contributed by atoms with van der Waals surface area (Å²) in [6.45, 7) is 0.493. The number of aliphatic hydroxyl groups is 1. The van der Waals surface area contributed by atoms with Gasteiger partial charge in [0.15, 0.2) is 0 Å². The summed E-state index contributed by atoms with van der Waals surface area (Å²) in [6, 6.07) is 7.65. The standard InChI is InChI=1S/C15H20N4O/c20-15(9-5-1-2-6-10-15)11-16-14-17-12-7-3-4-8-13(12)18-19-14/h3-4,7-8,20H,1-2,5-6,9-11H2,(H,16,17,19). The van der Waals surface area contributed by atoms with Gasteiger partial charge in [-0.25, -0.2) is 4.98 Å². The largest absolute Gasteiger partial charge is 0.388 e. The van der Waals surface area contributed by atoms with E-state index in [0.717, 1.165) is 36.7 Å². The summed E-state index contributed by atoms with van der Waals surface area (Å²) in [6.07, 6.45) is 6.32. The van der Waals surface area contributed by atoms with E-state index in [-0.39, 0.29) is 0 Å². The molecule has 1 aromatic heterocycles. The first-order chi connectivity index (χ1) is 9.75.